The minimum Gasteiger partial charge on any atom is -0.334 e. The van der Waals surface area contributed by atoms with Gasteiger partial charge in [-0.15, -0.1) is 0 Å². The zero-order chi connectivity index (χ0) is 17.4. The van der Waals surface area contributed by atoms with Crippen molar-refractivity contribution in [2.45, 2.75) is 18.4 Å². The Kier molecular flexibility index (Phi) is 4.74. The smallest absolute Gasteiger partial charge is 0.226 e. The van der Waals surface area contributed by atoms with E-state index in [9.17, 15) is 9.18 Å². The molecule has 130 valence electrons. The molecule has 4 rings (SSSR count). The first kappa shape index (κ1) is 16.9. The summed E-state index contributed by atoms with van der Waals surface area (Å²) in [6.45, 7) is 0.781. The highest BCUT2D eigenvalue weighted by molar-refractivity contribution is 7.99. The molecule has 0 N–H and O–H groups in total. The first-order valence-corrected chi connectivity index (χ1v) is 10.1. The number of amides is 1. The number of carbonyl (C=O) groups excluding carboxylic acids is 1. The van der Waals surface area contributed by atoms with Crippen molar-refractivity contribution in [3.05, 3.63) is 70.5 Å². The maximum absolute atomic E-state index is 13.1. The van der Waals surface area contributed by atoms with Gasteiger partial charge in [-0.1, -0.05) is 35.9 Å². The van der Waals surface area contributed by atoms with Gasteiger partial charge in [0.1, 0.15) is 5.82 Å². The van der Waals surface area contributed by atoms with Crippen LogP contribution in [0, 0.1) is 11.7 Å². The normalized spacial score (nSPS) is 25.7. The third-order valence-corrected chi connectivity index (χ3v) is 6.35. The molecule has 3 atom stereocenters. The van der Waals surface area contributed by atoms with Crippen molar-refractivity contribution in [2.75, 3.05) is 18.1 Å². The van der Waals surface area contributed by atoms with Gasteiger partial charge in [0.2, 0.25) is 5.91 Å². The fourth-order valence-electron chi connectivity index (χ4n) is 3.59. The molecule has 1 aliphatic carbocycles. The average Bonchev–Trinajstić information content (AvgIpc) is 3.43. The summed E-state index contributed by atoms with van der Waals surface area (Å²) in [4.78, 5) is 15.1. The van der Waals surface area contributed by atoms with E-state index in [4.69, 9.17) is 11.6 Å². The monoisotopic (exact) mass is 375 g/mol. The van der Waals surface area contributed by atoms with Gasteiger partial charge in [0, 0.05) is 29.0 Å². The Labute approximate surface area is 156 Å². The second-order valence-corrected chi connectivity index (χ2v) is 8.26. The van der Waals surface area contributed by atoms with Gasteiger partial charge >= 0.3 is 0 Å². The van der Waals surface area contributed by atoms with Crippen molar-refractivity contribution in [3.63, 3.8) is 0 Å². The number of carbonyl (C=O) groups is 1. The molecule has 1 amide bonds. The second-order valence-electron chi connectivity index (χ2n) is 6.67. The molecule has 5 heteroatoms. The quantitative estimate of drug-likeness (QED) is 0.760. The van der Waals surface area contributed by atoms with E-state index in [-0.39, 0.29) is 29.6 Å². The van der Waals surface area contributed by atoms with E-state index < -0.39 is 0 Å². The summed E-state index contributed by atoms with van der Waals surface area (Å²) in [6, 6.07) is 14.5. The lowest BCUT2D eigenvalue weighted by Crippen LogP contribution is -2.41. The Morgan fingerprint density at radius 3 is 2.48 bits per heavy atom. The molecule has 0 bridgehead atoms. The van der Waals surface area contributed by atoms with Gasteiger partial charge in [0.15, 0.2) is 0 Å². The molecule has 0 aromatic heterocycles. The molecule has 1 saturated heterocycles. The lowest BCUT2D eigenvalue weighted by molar-refractivity contribution is -0.134. The van der Waals surface area contributed by atoms with Gasteiger partial charge in [0.25, 0.3) is 0 Å². The first-order chi connectivity index (χ1) is 12.1. The number of benzene rings is 2. The zero-order valence-electron chi connectivity index (χ0n) is 13.7. The predicted octanol–water partition coefficient (Wildman–Crippen LogP) is 4.90. The third-order valence-electron chi connectivity index (χ3n) is 5.07. The summed E-state index contributed by atoms with van der Waals surface area (Å²) < 4.78 is 13.1. The van der Waals surface area contributed by atoms with Crippen LogP contribution >= 0.6 is 23.4 Å². The van der Waals surface area contributed by atoms with Gasteiger partial charge in [-0.3, -0.25) is 4.79 Å². The Hall–Kier alpha value is -1.52. The van der Waals surface area contributed by atoms with Crippen LogP contribution in [0.2, 0.25) is 5.02 Å². The van der Waals surface area contributed by atoms with Crippen molar-refractivity contribution in [2.24, 2.45) is 5.92 Å². The Morgan fingerprint density at radius 2 is 1.76 bits per heavy atom. The predicted molar refractivity (Wildman–Crippen MR) is 100 cm³/mol. The van der Waals surface area contributed by atoms with Crippen molar-refractivity contribution < 1.29 is 9.18 Å². The van der Waals surface area contributed by atoms with Crippen molar-refractivity contribution in [1.29, 1.82) is 0 Å². The highest BCUT2D eigenvalue weighted by atomic mass is 35.5. The summed E-state index contributed by atoms with van der Waals surface area (Å²) in [7, 11) is 0. The number of nitrogens with zero attached hydrogens (tertiary/aromatic N) is 1. The van der Waals surface area contributed by atoms with Crippen LogP contribution in [-0.4, -0.2) is 28.9 Å². The van der Waals surface area contributed by atoms with Crippen LogP contribution in [0.5, 0.6) is 0 Å². The van der Waals surface area contributed by atoms with Crippen LogP contribution in [0.4, 0.5) is 4.39 Å². The number of halogens is 2. The van der Waals surface area contributed by atoms with E-state index >= 15 is 0 Å². The highest BCUT2D eigenvalue weighted by Crippen LogP contribution is 2.49. The maximum Gasteiger partial charge on any atom is 0.226 e. The molecule has 0 spiro atoms. The van der Waals surface area contributed by atoms with Crippen molar-refractivity contribution in [1.82, 2.24) is 4.90 Å². The minimum atomic E-state index is -0.233. The van der Waals surface area contributed by atoms with E-state index in [1.54, 1.807) is 12.1 Å². The van der Waals surface area contributed by atoms with E-state index in [0.29, 0.717) is 5.02 Å². The largest absolute Gasteiger partial charge is 0.334 e. The Balaban J connectivity index is 1.50. The number of rotatable bonds is 3. The molecule has 1 saturated carbocycles. The summed E-state index contributed by atoms with van der Waals surface area (Å²) >= 11 is 7.88. The Morgan fingerprint density at radius 1 is 1.08 bits per heavy atom. The van der Waals surface area contributed by atoms with E-state index in [1.807, 2.05) is 40.9 Å². The molecular weight excluding hydrogens is 357 g/mol. The number of thioether (sulfide) groups is 1. The fraction of sp³-hybridized carbons (Fsp3) is 0.350. The SMILES string of the molecule is O=C([C@@H]1C[C@@H]1c1ccc(F)cc1)N1CCSC[C@@H]1c1ccc(Cl)cc1. The third kappa shape index (κ3) is 3.56. The molecule has 2 aromatic rings. The van der Waals surface area contributed by atoms with E-state index in [2.05, 4.69) is 0 Å². The van der Waals surface area contributed by atoms with Gasteiger partial charge in [0.05, 0.1) is 6.04 Å². The second kappa shape index (κ2) is 7.00. The Bertz CT molecular complexity index is 764. The van der Waals surface area contributed by atoms with Crippen molar-refractivity contribution in [3.8, 4) is 0 Å². The summed E-state index contributed by atoms with van der Waals surface area (Å²) in [6.07, 6.45) is 0.863. The van der Waals surface area contributed by atoms with E-state index in [1.165, 1.54) is 12.1 Å². The molecule has 25 heavy (non-hydrogen) atoms. The fourth-order valence-corrected chi connectivity index (χ4v) is 4.80. The van der Waals surface area contributed by atoms with E-state index in [0.717, 1.165) is 35.6 Å². The van der Waals surface area contributed by atoms with Crippen molar-refractivity contribution >= 4 is 29.3 Å². The van der Waals surface area contributed by atoms with Gasteiger partial charge in [-0.05, 0) is 47.7 Å². The van der Waals surface area contributed by atoms with Crippen LogP contribution in [0.3, 0.4) is 0 Å². The van der Waals surface area contributed by atoms with Crippen LogP contribution in [-0.2, 0) is 4.79 Å². The standard InChI is InChI=1S/C20H19ClFNOS/c21-15-5-1-14(2-6-15)19-12-25-10-9-23(19)20(24)18-11-17(18)13-3-7-16(22)8-4-13/h1-8,17-19H,9-12H2/t17-,18-,19-/m1/s1. The van der Waals surface area contributed by atoms with Gasteiger partial charge in [-0.25, -0.2) is 4.39 Å². The van der Waals surface area contributed by atoms with Crippen LogP contribution in [0.25, 0.3) is 0 Å². The molecule has 2 nitrogen and oxygen atoms in total. The molecule has 1 aliphatic heterocycles. The number of hydrogen-bond donors (Lipinski definition) is 0. The molecule has 2 fully saturated rings. The average molecular weight is 376 g/mol. The molecule has 0 unspecified atom stereocenters. The summed E-state index contributed by atoms with van der Waals surface area (Å²) in [5.41, 5.74) is 2.21. The molecular formula is C20H19ClFNOS. The lowest BCUT2D eigenvalue weighted by Gasteiger charge is -2.36. The van der Waals surface area contributed by atoms with Crippen LogP contribution in [0.15, 0.2) is 48.5 Å². The summed E-state index contributed by atoms with van der Waals surface area (Å²) in [5, 5.41) is 0.712. The molecule has 2 aromatic carbocycles. The topological polar surface area (TPSA) is 20.3 Å². The summed E-state index contributed by atoms with van der Waals surface area (Å²) in [5.74, 6) is 2.15. The maximum atomic E-state index is 13.1. The van der Waals surface area contributed by atoms with Gasteiger partial charge in [-0.2, -0.15) is 11.8 Å². The highest BCUT2D eigenvalue weighted by Gasteiger charge is 2.47. The first-order valence-electron chi connectivity index (χ1n) is 8.52. The minimum absolute atomic E-state index is 0.0309. The molecule has 0 radical (unpaired) electrons. The molecule has 1 heterocycles. The van der Waals surface area contributed by atoms with Crippen LogP contribution in [0.1, 0.15) is 29.5 Å². The van der Waals surface area contributed by atoms with Crippen LogP contribution < -0.4 is 0 Å². The van der Waals surface area contributed by atoms with Gasteiger partial charge < -0.3 is 4.90 Å². The number of hydrogen-bond acceptors (Lipinski definition) is 2. The lowest BCUT2D eigenvalue weighted by atomic mass is 10.0. The molecule has 2 aliphatic rings. The zero-order valence-corrected chi connectivity index (χ0v) is 15.3.